The van der Waals surface area contributed by atoms with E-state index < -0.39 is 5.91 Å². The van der Waals surface area contributed by atoms with Gasteiger partial charge in [0, 0.05) is 23.7 Å². The van der Waals surface area contributed by atoms with Crippen LogP contribution in [0.2, 0.25) is 5.02 Å². The number of hydrogen-bond donors (Lipinski definition) is 1. The van der Waals surface area contributed by atoms with E-state index in [9.17, 15) is 14.4 Å². The van der Waals surface area contributed by atoms with Gasteiger partial charge in [-0.15, -0.1) is 6.58 Å². The van der Waals surface area contributed by atoms with Crippen molar-refractivity contribution in [3.63, 3.8) is 0 Å². The van der Waals surface area contributed by atoms with Crippen molar-refractivity contribution in [3.05, 3.63) is 82.4 Å². The van der Waals surface area contributed by atoms with Gasteiger partial charge in [-0.1, -0.05) is 29.8 Å². The molecule has 0 radical (unpaired) electrons. The number of halogens is 1. The molecule has 26 heavy (non-hydrogen) atoms. The van der Waals surface area contributed by atoms with Crippen LogP contribution in [-0.2, 0) is 6.42 Å². The maximum Gasteiger partial charge on any atom is 0.261 e. The standard InChI is InChI=1S/C20H17ClN2O3/c1-2-11-23-19(25)16-8-5-14(12-17(16)20(23)26)18(24)22-10-9-13-3-6-15(21)7-4-13/h2-8,12H,1,9-11H2,(H,22,24). The molecule has 1 aliphatic rings. The Labute approximate surface area is 156 Å². The maximum atomic E-state index is 12.3. The van der Waals surface area contributed by atoms with E-state index in [0.29, 0.717) is 29.1 Å². The van der Waals surface area contributed by atoms with Crippen molar-refractivity contribution in [1.82, 2.24) is 10.2 Å². The second-order valence-corrected chi connectivity index (χ2v) is 6.34. The lowest BCUT2D eigenvalue weighted by Crippen LogP contribution is -2.29. The molecule has 0 atom stereocenters. The van der Waals surface area contributed by atoms with E-state index in [1.165, 1.54) is 18.2 Å². The van der Waals surface area contributed by atoms with Crippen molar-refractivity contribution in [2.75, 3.05) is 13.1 Å². The van der Waals surface area contributed by atoms with Crippen LogP contribution < -0.4 is 5.32 Å². The largest absolute Gasteiger partial charge is 0.352 e. The minimum absolute atomic E-state index is 0.148. The number of nitrogens with zero attached hydrogens (tertiary/aromatic N) is 1. The van der Waals surface area contributed by atoms with Crippen molar-refractivity contribution < 1.29 is 14.4 Å². The fourth-order valence-corrected chi connectivity index (χ4v) is 2.93. The molecule has 0 spiro atoms. The second kappa shape index (κ2) is 7.54. The normalized spacial score (nSPS) is 12.9. The minimum atomic E-state index is -0.402. The van der Waals surface area contributed by atoms with Crippen LogP contribution in [0.4, 0.5) is 0 Å². The van der Waals surface area contributed by atoms with Gasteiger partial charge in [-0.2, -0.15) is 0 Å². The Bertz CT molecular complexity index is 890. The molecule has 3 rings (SSSR count). The van der Waals surface area contributed by atoms with Crippen molar-refractivity contribution >= 4 is 29.3 Å². The third-order valence-corrected chi connectivity index (χ3v) is 4.41. The summed E-state index contributed by atoms with van der Waals surface area (Å²) in [5.74, 6) is -1.05. The van der Waals surface area contributed by atoms with Gasteiger partial charge in [0.1, 0.15) is 0 Å². The van der Waals surface area contributed by atoms with E-state index in [0.717, 1.165) is 10.5 Å². The zero-order valence-corrected chi connectivity index (χ0v) is 14.8. The Kier molecular flexibility index (Phi) is 5.19. The van der Waals surface area contributed by atoms with Crippen LogP contribution >= 0.6 is 11.6 Å². The predicted molar refractivity (Wildman–Crippen MR) is 99.5 cm³/mol. The number of rotatable bonds is 6. The highest BCUT2D eigenvalue weighted by Crippen LogP contribution is 2.24. The van der Waals surface area contributed by atoms with Gasteiger partial charge in [-0.25, -0.2) is 0 Å². The predicted octanol–water partition coefficient (Wildman–Crippen LogP) is 3.09. The summed E-state index contributed by atoms with van der Waals surface area (Å²) in [5, 5.41) is 3.48. The molecule has 1 heterocycles. The summed E-state index contributed by atoms with van der Waals surface area (Å²) in [7, 11) is 0. The van der Waals surface area contributed by atoms with Crippen molar-refractivity contribution in [3.8, 4) is 0 Å². The molecule has 0 aliphatic carbocycles. The number of hydrogen-bond acceptors (Lipinski definition) is 3. The number of nitrogens with one attached hydrogen (secondary N) is 1. The molecule has 0 saturated heterocycles. The van der Waals surface area contributed by atoms with Crippen LogP contribution in [0.1, 0.15) is 36.6 Å². The van der Waals surface area contributed by atoms with Gasteiger partial charge < -0.3 is 5.32 Å². The highest BCUT2D eigenvalue weighted by atomic mass is 35.5. The van der Waals surface area contributed by atoms with Crippen molar-refractivity contribution in [2.45, 2.75) is 6.42 Å². The van der Waals surface area contributed by atoms with Gasteiger partial charge in [0.25, 0.3) is 17.7 Å². The van der Waals surface area contributed by atoms with Crippen LogP contribution in [0, 0.1) is 0 Å². The second-order valence-electron chi connectivity index (χ2n) is 5.90. The molecule has 5 nitrogen and oxygen atoms in total. The van der Waals surface area contributed by atoms with Crippen LogP contribution in [0.3, 0.4) is 0 Å². The summed E-state index contributed by atoms with van der Waals surface area (Å²) in [6.45, 7) is 4.15. The molecule has 2 aromatic carbocycles. The third kappa shape index (κ3) is 3.53. The molecule has 0 fully saturated rings. The van der Waals surface area contributed by atoms with E-state index in [-0.39, 0.29) is 23.9 Å². The van der Waals surface area contributed by atoms with Crippen LogP contribution in [0.25, 0.3) is 0 Å². The Morgan fingerprint density at radius 2 is 1.77 bits per heavy atom. The number of carbonyl (C=O) groups is 3. The topological polar surface area (TPSA) is 66.5 Å². The molecule has 6 heteroatoms. The first-order valence-corrected chi connectivity index (χ1v) is 8.53. The number of imide groups is 1. The smallest absolute Gasteiger partial charge is 0.261 e. The quantitative estimate of drug-likeness (QED) is 0.629. The molecule has 1 aliphatic heterocycles. The van der Waals surface area contributed by atoms with Gasteiger partial charge >= 0.3 is 0 Å². The molecule has 132 valence electrons. The third-order valence-electron chi connectivity index (χ3n) is 4.16. The van der Waals surface area contributed by atoms with Crippen LogP contribution in [0.5, 0.6) is 0 Å². The lowest BCUT2D eigenvalue weighted by Gasteiger charge is -2.09. The monoisotopic (exact) mass is 368 g/mol. The molecule has 0 aromatic heterocycles. The Morgan fingerprint density at radius 1 is 1.08 bits per heavy atom. The van der Waals surface area contributed by atoms with E-state index >= 15 is 0 Å². The summed E-state index contributed by atoms with van der Waals surface area (Å²) < 4.78 is 0. The lowest BCUT2D eigenvalue weighted by molar-refractivity contribution is 0.0672. The summed E-state index contributed by atoms with van der Waals surface area (Å²) >= 11 is 5.84. The van der Waals surface area contributed by atoms with E-state index in [2.05, 4.69) is 11.9 Å². The minimum Gasteiger partial charge on any atom is -0.352 e. The molecule has 0 saturated carbocycles. The summed E-state index contributed by atoms with van der Waals surface area (Å²) in [6.07, 6.45) is 2.16. The fourth-order valence-electron chi connectivity index (χ4n) is 2.80. The Morgan fingerprint density at radius 3 is 2.46 bits per heavy atom. The average molecular weight is 369 g/mol. The lowest BCUT2D eigenvalue weighted by atomic mass is 10.1. The molecule has 0 bridgehead atoms. The maximum absolute atomic E-state index is 12.3. The fraction of sp³-hybridized carbons (Fsp3) is 0.150. The number of carbonyl (C=O) groups excluding carboxylic acids is 3. The van der Waals surface area contributed by atoms with Crippen LogP contribution in [0.15, 0.2) is 55.1 Å². The van der Waals surface area contributed by atoms with E-state index in [1.807, 2.05) is 12.1 Å². The Balaban J connectivity index is 1.66. The van der Waals surface area contributed by atoms with Gasteiger partial charge in [0.2, 0.25) is 0 Å². The van der Waals surface area contributed by atoms with Crippen molar-refractivity contribution in [2.24, 2.45) is 0 Å². The summed E-state index contributed by atoms with van der Waals surface area (Å²) in [5.41, 5.74) is 1.97. The Hall–Kier alpha value is -2.92. The molecular weight excluding hydrogens is 352 g/mol. The van der Waals surface area contributed by atoms with Crippen molar-refractivity contribution in [1.29, 1.82) is 0 Å². The molecule has 1 N–H and O–H groups in total. The molecule has 2 aromatic rings. The number of amides is 3. The first-order chi connectivity index (χ1) is 12.5. The van der Waals surface area contributed by atoms with Gasteiger partial charge in [0.15, 0.2) is 0 Å². The zero-order valence-electron chi connectivity index (χ0n) is 14.0. The first kappa shape index (κ1) is 17.9. The average Bonchev–Trinajstić information content (AvgIpc) is 2.88. The van der Waals surface area contributed by atoms with Gasteiger partial charge in [-0.05, 0) is 42.3 Å². The highest BCUT2D eigenvalue weighted by molar-refractivity contribution is 6.30. The molecule has 0 unspecified atom stereocenters. The summed E-state index contributed by atoms with van der Waals surface area (Å²) in [4.78, 5) is 37.9. The van der Waals surface area contributed by atoms with E-state index in [4.69, 9.17) is 11.6 Å². The van der Waals surface area contributed by atoms with Gasteiger partial charge in [-0.3, -0.25) is 19.3 Å². The number of benzene rings is 2. The molecular formula is C20H17ClN2O3. The van der Waals surface area contributed by atoms with E-state index in [1.54, 1.807) is 18.2 Å². The first-order valence-electron chi connectivity index (χ1n) is 8.15. The highest BCUT2D eigenvalue weighted by Gasteiger charge is 2.35. The zero-order chi connectivity index (χ0) is 18.7. The summed E-state index contributed by atoms with van der Waals surface area (Å²) in [6, 6.07) is 12.0. The SMILES string of the molecule is C=CCN1C(=O)c2ccc(C(=O)NCCc3ccc(Cl)cc3)cc2C1=O. The molecule has 3 amide bonds. The van der Waals surface area contributed by atoms with Crippen LogP contribution in [-0.4, -0.2) is 35.7 Å². The van der Waals surface area contributed by atoms with Gasteiger partial charge in [0.05, 0.1) is 11.1 Å². The number of fused-ring (bicyclic) bond motifs is 1.